The second-order valence-electron chi connectivity index (χ2n) is 5.40. The molecular formula is C13H26N4O2S. The molecule has 1 aromatic heterocycles. The van der Waals surface area contributed by atoms with Crippen molar-refractivity contribution in [3.63, 3.8) is 0 Å². The lowest BCUT2D eigenvalue weighted by atomic mass is 10.3. The molecule has 0 saturated heterocycles. The molecule has 0 saturated carbocycles. The van der Waals surface area contributed by atoms with Crippen LogP contribution in [-0.4, -0.2) is 52.1 Å². The van der Waals surface area contributed by atoms with E-state index in [1.165, 1.54) is 0 Å². The molecule has 0 spiro atoms. The summed E-state index contributed by atoms with van der Waals surface area (Å²) < 4.78 is 29.1. The predicted molar refractivity (Wildman–Crippen MR) is 81.3 cm³/mol. The van der Waals surface area contributed by atoms with Gasteiger partial charge in [-0.2, -0.15) is 0 Å². The van der Waals surface area contributed by atoms with E-state index in [-0.39, 0.29) is 6.04 Å². The van der Waals surface area contributed by atoms with Crippen molar-refractivity contribution in [3.05, 3.63) is 18.0 Å². The number of rotatable bonds is 8. The molecule has 6 nitrogen and oxygen atoms in total. The van der Waals surface area contributed by atoms with Crippen LogP contribution in [0.3, 0.4) is 0 Å². The third-order valence-corrected chi connectivity index (χ3v) is 4.41. The van der Waals surface area contributed by atoms with Crippen LogP contribution in [0.2, 0.25) is 0 Å². The Labute approximate surface area is 122 Å². The van der Waals surface area contributed by atoms with Crippen molar-refractivity contribution >= 4 is 10.0 Å². The van der Waals surface area contributed by atoms with Gasteiger partial charge in [-0.25, -0.2) is 13.1 Å². The Morgan fingerprint density at radius 2 is 2.00 bits per heavy atom. The minimum Gasteiger partial charge on any atom is -0.346 e. The van der Waals surface area contributed by atoms with Gasteiger partial charge in [0.05, 0.1) is 4.90 Å². The Kier molecular flexibility index (Phi) is 6.19. The maximum Gasteiger partial charge on any atom is 0.242 e. The number of sulfonamides is 1. The molecule has 1 heterocycles. The molecule has 0 aromatic carbocycles. The number of nitrogens with one attached hydrogen (secondary N) is 2. The first-order valence-corrected chi connectivity index (χ1v) is 8.26. The number of likely N-dealkylation sites (N-methyl/N-ethyl adjacent to an activating group) is 1. The van der Waals surface area contributed by atoms with Gasteiger partial charge < -0.3 is 14.8 Å². The van der Waals surface area contributed by atoms with Gasteiger partial charge in [-0.3, -0.25) is 0 Å². The quantitative estimate of drug-likeness (QED) is 0.739. The Bertz CT molecular complexity index is 520. The fraction of sp³-hybridized carbons (Fsp3) is 0.692. The van der Waals surface area contributed by atoms with Gasteiger partial charge in [0.1, 0.15) is 0 Å². The van der Waals surface area contributed by atoms with Crippen LogP contribution in [0.5, 0.6) is 0 Å². The molecule has 0 radical (unpaired) electrons. The van der Waals surface area contributed by atoms with E-state index in [4.69, 9.17) is 0 Å². The highest BCUT2D eigenvalue weighted by Crippen LogP contribution is 2.18. The van der Waals surface area contributed by atoms with Crippen molar-refractivity contribution in [2.45, 2.75) is 31.3 Å². The predicted octanol–water partition coefficient (Wildman–Crippen LogP) is 0.628. The Morgan fingerprint density at radius 3 is 2.50 bits per heavy atom. The summed E-state index contributed by atoms with van der Waals surface area (Å²) in [5.74, 6) is 0. The molecule has 0 unspecified atom stereocenters. The van der Waals surface area contributed by atoms with E-state index in [9.17, 15) is 8.42 Å². The molecule has 20 heavy (non-hydrogen) atoms. The van der Waals surface area contributed by atoms with Crippen molar-refractivity contribution in [2.24, 2.45) is 0 Å². The highest BCUT2D eigenvalue weighted by molar-refractivity contribution is 7.89. The molecule has 0 fully saturated rings. The average molecular weight is 302 g/mol. The maximum absolute atomic E-state index is 12.2. The molecule has 0 aliphatic rings. The molecule has 0 atom stereocenters. The van der Waals surface area contributed by atoms with Crippen LogP contribution < -0.4 is 10.0 Å². The Balaban J connectivity index is 2.92. The Hall–Kier alpha value is -0.890. The van der Waals surface area contributed by atoms with Gasteiger partial charge in [0.2, 0.25) is 10.0 Å². The summed E-state index contributed by atoms with van der Waals surface area (Å²) in [6.45, 7) is 5.80. The minimum absolute atomic E-state index is 0.226. The monoisotopic (exact) mass is 302 g/mol. The normalized spacial score (nSPS) is 12.6. The fourth-order valence-corrected chi connectivity index (χ4v) is 3.00. The highest BCUT2D eigenvalue weighted by atomic mass is 32.2. The summed E-state index contributed by atoms with van der Waals surface area (Å²) in [5.41, 5.74) is 0.968. The van der Waals surface area contributed by atoms with E-state index in [2.05, 4.69) is 10.0 Å². The minimum atomic E-state index is -3.43. The summed E-state index contributed by atoms with van der Waals surface area (Å²) in [6, 6.07) is 1.96. The Morgan fingerprint density at radius 1 is 1.35 bits per heavy atom. The third-order valence-electron chi connectivity index (χ3n) is 2.98. The smallest absolute Gasteiger partial charge is 0.242 e. The van der Waals surface area contributed by atoms with Crippen molar-refractivity contribution in [3.8, 4) is 0 Å². The lowest BCUT2D eigenvalue weighted by molar-refractivity contribution is 0.412. The standard InChI is InChI=1S/C13H26N4O2S/c1-11(2)17-10-13(8-12(17)9-14-3)20(18,19)15-6-7-16(4)5/h8,10-11,14-15H,6-7,9H2,1-5H3. The van der Waals surface area contributed by atoms with Gasteiger partial charge in [0.15, 0.2) is 0 Å². The molecule has 1 rings (SSSR count). The summed E-state index contributed by atoms with van der Waals surface area (Å²) in [6.07, 6.45) is 1.70. The van der Waals surface area contributed by atoms with Crippen molar-refractivity contribution in [2.75, 3.05) is 34.2 Å². The topological polar surface area (TPSA) is 66.4 Å². The van der Waals surface area contributed by atoms with Gasteiger partial charge >= 0.3 is 0 Å². The van der Waals surface area contributed by atoms with Crippen molar-refractivity contribution < 1.29 is 8.42 Å². The van der Waals surface area contributed by atoms with Crippen LogP contribution in [0.15, 0.2) is 17.2 Å². The summed E-state index contributed by atoms with van der Waals surface area (Å²) >= 11 is 0. The van der Waals surface area contributed by atoms with Gasteiger partial charge in [-0.1, -0.05) is 0 Å². The molecule has 0 aliphatic heterocycles. The lowest BCUT2D eigenvalue weighted by Gasteiger charge is -2.12. The SMILES string of the molecule is CNCc1cc(S(=O)(=O)NCCN(C)C)cn1C(C)C. The second kappa shape index (κ2) is 7.21. The van der Waals surface area contributed by atoms with E-state index < -0.39 is 10.0 Å². The average Bonchev–Trinajstić information content (AvgIpc) is 2.73. The first-order chi connectivity index (χ1) is 9.27. The van der Waals surface area contributed by atoms with E-state index in [1.54, 1.807) is 12.3 Å². The first kappa shape index (κ1) is 17.2. The zero-order valence-corrected chi connectivity index (χ0v) is 13.8. The van der Waals surface area contributed by atoms with Crippen LogP contribution in [0.25, 0.3) is 0 Å². The maximum atomic E-state index is 12.2. The fourth-order valence-electron chi connectivity index (χ4n) is 1.93. The van der Waals surface area contributed by atoms with Crippen LogP contribution >= 0.6 is 0 Å². The van der Waals surface area contributed by atoms with Crippen LogP contribution in [0.4, 0.5) is 0 Å². The summed E-state index contributed by atoms with van der Waals surface area (Å²) in [7, 11) is 2.24. The van der Waals surface area contributed by atoms with E-state index in [0.717, 1.165) is 5.69 Å². The molecule has 0 aliphatic carbocycles. The zero-order chi connectivity index (χ0) is 15.3. The molecule has 0 amide bonds. The van der Waals surface area contributed by atoms with Gasteiger partial charge in [-0.15, -0.1) is 0 Å². The number of hydrogen-bond acceptors (Lipinski definition) is 4. The molecular weight excluding hydrogens is 276 g/mol. The summed E-state index contributed by atoms with van der Waals surface area (Å²) in [5, 5.41) is 3.06. The second-order valence-corrected chi connectivity index (χ2v) is 7.17. The molecule has 0 bridgehead atoms. The molecule has 7 heteroatoms. The first-order valence-electron chi connectivity index (χ1n) is 6.77. The molecule has 2 N–H and O–H groups in total. The van der Waals surface area contributed by atoms with Gasteiger partial charge in [-0.05, 0) is 41.1 Å². The number of aromatic nitrogens is 1. The number of nitrogens with zero attached hydrogens (tertiary/aromatic N) is 2. The highest BCUT2D eigenvalue weighted by Gasteiger charge is 2.18. The summed E-state index contributed by atoms with van der Waals surface area (Å²) in [4.78, 5) is 2.27. The van der Waals surface area contributed by atoms with Crippen LogP contribution in [-0.2, 0) is 16.6 Å². The molecule has 116 valence electrons. The van der Waals surface area contributed by atoms with Crippen molar-refractivity contribution in [1.29, 1.82) is 0 Å². The van der Waals surface area contributed by atoms with Gasteiger partial charge in [0, 0.05) is 37.6 Å². The number of hydrogen-bond donors (Lipinski definition) is 2. The zero-order valence-electron chi connectivity index (χ0n) is 13.0. The van der Waals surface area contributed by atoms with Crippen LogP contribution in [0, 0.1) is 0 Å². The van der Waals surface area contributed by atoms with E-state index >= 15 is 0 Å². The van der Waals surface area contributed by atoms with E-state index in [1.807, 2.05) is 44.5 Å². The van der Waals surface area contributed by atoms with E-state index in [0.29, 0.717) is 24.5 Å². The van der Waals surface area contributed by atoms with Crippen molar-refractivity contribution in [1.82, 2.24) is 19.5 Å². The largest absolute Gasteiger partial charge is 0.346 e. The third kappa shape index (κ3) is 4.59. The van der Waals surface area contributed by atoms with Crippen LogP contribution in [0.1, 0.15) is 25.6 Å². The molecule has 1 aromatic rings. The van der Waals surface area contributed by atoms with Gasteiger partial charge in [0.25, 0.3) is 0 Å². The lowest BCUT2D eigenvalue weighted by Crippen LogP contribution is -2.31.